The highest BCUT2D eigenvalue weighted by atomic mass is 35.5. The molecule has 2 aromatic heterocycles. The monoisotopic (exact) mass is 398 g/mol. The van der Waals surface area contributed by atoms with Gasteiger partial charge in [0.2, 0.25) is 0 Å². The van der Waals surface area contributed by atoms with Crippen LogP contribution in [0.25, 0.3) is 17.1 Å². The molecule has 3 heterocycles. The SMILES string of the molecule is C#Cc1ccc2c(c1)C(c1ccccc1Cl)=N[C@@H](C)c1c(-c3cnco3)ncn1-2. The molecule has 1 aliphatic rings. The van der Waals surface area contributed by atoms with Gasteiger partial charge < -0.3 is 4.42 Å². The van der Waals surface area contributed by atoms with Gasteiger partial charge in [0.05, 0.1) is 29.3 Å². The highest BCUT2D eigenvalue weighted by Gasteiger charge is 2.28. The maximum Gasteiger partial charge on any atom is 0.181 e. The van der Waals surface area contributed by atoms with Crippen LogP contribution in [0.5, 0.6) is 0 Å². The van der Waals surface area contributed by atoms with E-state index < -0.39 is 0 Å². The van der Waals surface area contributed by atoms with E-state index in [0.29, 0.717) is 16.5 Å². The van der Waals surface area contributed by atoms with E-state index in [1.807, 2.05) is 54.0 Å². The molecule has 5 rings (SSSR count). The van der Waals surface area contributed by atoms with Gasteiger partial charge in [-0.05, 0) is 31.2 Å². The van der Waals surface area contributed by atoms with Crippen molar-refractivity contribution < 1.29 is 4.42 Å². The van der Waals surface area contributed by atoms with E-state index in [0.717, 1.165) is 33.8 Å². The van der Waals surface area contributed by atoms with Gasteiger partial charge in [0.25, 0.3) is 0 Å². The van der Waals surface area contributed by atoms with Crippen molar-refractivity contribution >= 4 is 17.3 Å². The summed E-state index contributed by atoms with van der Waals surface area (Å²) in [4.78, 5) is 13.7. The third-order valence-corrected chi connectivity index (χ3v) is 5.33. The first-order valence-electron chi connectivity index (χ1n) is 9.07. The normalized spacial score (nSPS) is 15.1. The third-order valence-electron chi connectivity index (χ3n) is 5.00. The van der Waals surface area contributed by atoms with E-state index in [2.05, 4.69) is 15.9 Å². The molecule has 0 saturated heterocycles. The first kappa shape index (κ1) is 17.5. The molecule has 0 saturated carbocycles. The molecule has 0 aliphatic carbocycles. The number of terminal acetylenes is 1. The number of halogens is 1. The largest absolute Gasteiger partial charge is 0.442 e. The highest BCUT2D eigenvalue weighted by Crippen LogP contribution is 2.37. The summed E-state index contributed by atoms with van der Waals surface area (Å²) in [6, 6.07) is 13.4. The lowest BCUT2D eigenvalue weighted by Gasteiger charge is -2.13. The van der Waals surface area contributed by atoms with Gasteiger partial charge in [-0.15, -0.1) is 6.42 Å². The molecule has 6 heteroatoms. The third kappa shape index (κ3) is 2.77. The van der Waals surface area contributed by atoms with Crippen molar-refractivity contribution in [3.8, 4) is 29.5 Å². The Kier molecular flexibility index (Phi) is 4.08. The molecule has 5 nitrogen and oxygen atoms in total. The Labute approximate surface area is 172 Å². The minimum absolute atomic E-state index is 0.203. The van der Waals surface area contributed by atoms with Gasteiger partial charge >= 0.3 is 0 Å². The van der Waals surface area contributed by atoms with Crippen molar-refractivity contribution in [3.05, 3.63) is 88.8 Å². The fraction of sp³-hybridized carbons (Fsp3) is 0.0870. The average molecular weight is 399 g/mol. The maximum absolute atomic E-state index is 6.53. The lowest BCUT2D eigenvalue weighted by molar-refractivity contribution is 0.568. The second-order valence-corrected chi connectivity index (χ2v) is 7.13. The summed E-state index contributed by atoms with van der Waals surface area (Å²) in [5, 5.41) is 0.635. The summed E-state index contributed by atoms with van der Waals surface area (Å²) >= 11 is 6.53. The van der Waals surface area contributed by atoms with E-state index in [1.165, 1.54) is 6.39 Å². The van der Waals surface area contributed by atoms with Crippen LogP contribution in [0, 0.1) is 12.3 Å². The fourth-order valence-electron chi connectivity index (χ4n) is 3.69. The number of hydrogen-bond donors (Lipinski definition) is 0. The van der Waals surface area contributed by atoms with Crippen LogP contribution in [-0.2, 0) is 0 Å². The van der Waals surface area contributed by atoms with Crippen molar-refractivity contribution in [1.29, 1.82) is 0 Å². The number of benzene rings is 2. The minimum atomic E-state index is -0.203. The molecule has 1 atom stereocenters. The molecule has 0 unspecified atom stereocenters. The molecule has 0 radical (unpaired) electrons. The summed E-state index contributed by atoms with van der Waals surface area (Å²) in [5.74, 6) is 3.31. The smallest absolute Gasteiger partial charge is 0.181 e. The Morgan fingerprint density at radius 2 is 2.03 bits per heavy atom. The summed E-state index contributed by atoms with van der Waals surface area (Å²) in [6.45, 7) is 2.03. The van der Waals surface area contributed by atoms with Crippen molar-refractivity contribution in [2.45, 2.75) is 13.0 Å². The van der Waals surface area contributed by atoms with Crippen LogP contribution in [0.15, 0.2) is 70.8 Å². The Hall–Kier alpha value is -3.62. The van der Waals surface area contributed by atoms with Crippen molar-refractivity contribution in [1.82, 2.24) is 14.5 Å². The number of imidazole rings is 1. The zero-order valence-corrected chi connectivity index (χ0v) is 16.3. The van der Waals surface area contributed by atoms with Gasteiger partial charge in [0.15, 0.2) is 12.2 Å². The van der Waals surface area contributed by atoms with Crippen LogP contribution < -0.4 is 0 Å². The number of oxazole rings is 1. The standard InChI is InChI=1S/C23H15ClN4O/c1-3-15-8-9-19-17(10-15)21(16-6-4-5-7-18(16)24)27-14(2)23-22(26-12-28(19)23)20-11-25-13-29-20/h1,4-14H,2H3/t14-/m0/s1. The fourth-order valence-corrected chi connectivity index (χ4v) is 3.91. The predicted molar refractivity (Wildman–Crippen MR) is 113 cm³/mol. The van der Waals surface area contributed by atoms with E-state index >= 15 is 0 Å². The molecule has 0 spiro atoms. The first-order chi connectivity index (χ1) is 14.2. The Morgan fingerprint density at radius 1 is 1.17 bits per heavy atom. The summed E-state index contributed by atoms with van der Waals surface area (Å²) in [6.07, 6.45) is 10.5. The number of aromatic nitrogens is 3. The van der Waals surface area contributed by atoms with Gasteiger partial charge in [-0.1, -0.05) is 35.7 Å². The van der Waals surface area contributed by atoms with E-state index in [1.54, 1.807) is 12.5 Å². The van der Waals surface area contributed by atoms with Crippen molar-refractivity contribution in [2.75, 3.05) is 0 Å². The van der Waals surface area contributed by atoms with Crippen LogP contribution in [0.4, 0.5) is 0 Å². The number of nitrogens with zero attached hydrogens (tertiary/aromatic N) is 4. The van der Waals surface area contributed by atoms with Crippen LogP contribution in [0.1, 0.15) is 35.3 Å². The summed E-state index contributed by atoms with van der Waals surface area (Å²) in [7, 11) is 0. The number of hydrogen-bond acceptors (Lipinski definition) is 4. The van der Waals surface area contributed by atoms with Gasteiger partial charge in [-0.3, -0.25) is 9.56 Å². The number of rotatable bonds is 2. The lowest BCUT2D eigenvalue weighted by Crippen LogP contribution is -2.08. The van der Waals surface area contributed by atoms with Gasteiger partial charge in [-0.25, -0.2) is 9.97 Å². The van der Waals surface area contributed by atoms with Gasteiger partial charge in [0, 0.05) is 21.7 Å². The molecule has 0 N–H and O–H groups in total. The van der Waals surface area contributed by atoms with Gasteiger partial charge in [-0.2, -0.15) is 0 Å². The lowest BCUT2D eigenvalue weighted by atomic mass is 9.98. The summed E-state index contributed by atoms with van der Waals surface area (Å²) < 4.78 is 7.54. The average Bonchev–Trinajstić information content (AvgIpc) is 3.39. The molecule has 0 bridgehead atoms. The predicted octanol–water partition coefficient (Wildman–Crippen LogP) is 5.07. The van der Waals surface area contributed by atoms with Crippen molar-refractivity contribution in [2.24, 2.45) is 4.99 Å². The van der Waals surface area contributed by atoms with Crippen LogP contribution >= 0.6 is 11.6 Å². The second kappa shape index (κ2) is 6.77. The number of aliphatic imine (C=N–C) groups is 1. The maximum atomic E-state index is 6.53. The van der Waals surface area contributed by atoms with E-state index in [9.17, 15) is 0 Å². The Bertz CT molecular complexity index is 1290. The van der Waals surface area contributed by atoms with Gasteiger partial charge in [0.1, 0.15) is 12.0 Å². The van der Waals surface area contributed by atoms with E-state index in [-0.39, 0.29) is 6.04 Å². The molecule has 140 valence electrons. The Morgan fingerprint density at radius 3 is 2.79 bits per heavy atom. The quantitative estimate of drug-likeness (QED) is 0.443. The molecular formula is C23H15ClN4O. The van der Waals surface area contributed by atoms with Crippen LogP contribution in [0.2, 0.25) is 5.02 Å². The number of fused-ring (bicyclic) bond motifs is 3. The molecule has 1 aliphatic heterocycles. The molecular weight excluding hydrogens is 384 g/mol. The molecule has 4 aromatic rings. The van der Waals surface area contributed by atoms with Crippen LogP contribution in [0.3, 0.4) is 0 Å². The molecule has 2 aromatic carbocycles. The topological polar surface area (TPSA) is 56.2 Å². The van der Waals surface area contributed by atoms with E-state index in [4.69, 9.17) is 27.4 Å². The molecule has 0 fully saturated rings. The molecule has 29 heavy (non-hydrogen) atoms. The van der Waals surface area contributed by atoms with Crippen molar-refractivity contribution in [3.63, 3.8) is 0 Å². The Balaban J connectivity index is 1.83. The minimum Gasteiger partial charge on any atom is -0.442 e. The zero-order valence-electron chi connectivity index (χ0n) is 15.5. The second-order valence-electron chi connectivity index (χ2n) is 6.72. The molecule has 0 amide bonds. The first-order valence-corrected chi connectivity index (χ1v) is 9.45. The highest BCUT2D eigenvalue weighted by molar-refractivity contribution is 6.35. The van der Waals surface area contributed by atoms with Crippen LogP contribution in [-0.4, -0.2) is 20.2 Å². The summed E-state index contributed by atoms with van der Waals surface area (Å²) in [5.41, 5.74) is 5.89. The zero-order chi connectivity index (χ0) is 20.0.